The molecule has 0 bridgehead atoms. The summed E-state index contributed by atoms with van der Waals surface area (Å²) in [5, 5.41) is 1.01. The zero-order valence-corrected chi connectivity index (χ0v) is 17.5. The Hall–Kier alpha value is -3.57. The normalized spacial score (nSPS) is 10.9. The van der Waals surface area contributed by atoms with Crippen LogP contribution in [0.2, 0.25) is 0 Å². The molecular weight excluding hydrogens is 390 g/mol. The van der Waals surface area contributed by atoms with Gasteiger partial charge in [-0.05, 0) is 53.9 Å². The molecule has 0 saturated heterocycles. The van der Waals surface area contributed by atoms with Gasteiger partial charge in [-0.3, -0.25) is 4.79 Å². The molecule has 1 aromatic heterocycles. The maximum absolute atomic E-state index is 11.9. The molecule has 0 atom stereocenters. The van der Waals surface area contributed by atoms with E-state index in [1.54, 1.807) is 13.2 Å². The first kappa shape index (κ1) is 20.7. The predicted molar refractivity (Wildman–Crippen MR) is 121 cm³/mol. The molecule has 0 aliphatic heterocycles. The standard InChI is InChI=1S/C26H25NO4/c1-2-29-25(28)15-21-7-3-4-9-24(21)31-17-19-13-22-10-11-30-26(22)23(14-19)20-8-5-6-18(12-20)16-27/h3-14H,2,15-17,27H2,1H3. The van der Waals surface area contributed by atoms with Gasteiger partial charge >= 0.3 is 5.97 Å². The summed E-state index contributed by atoms with van der Waals surface area (Å²) in [7, 11) is 0. The highest BCUT2D eigenvalue weighted by Gasteiger charge is 2.13. The molecule has 0 unspecified atom stereocenters. The van der Waals surface area contributed by atoms with E-state index in [1.807, 2.05) is 42.5 Å². The Morgan fingerprint density at radius 3 is 2.71 bits per heavy atom. The summed E-state index contributed by atoms with van der Waals surface area (Å²) in [6.45, 7) is 3.01. The van der Waals surface area contributed by atoms with Crippen LogP contribution in [-0.4, -0.2) is 12.6 Å². The van der Waals surface area contributed by atoms with Crippen LogP contribution >= 0.6 is 0 Å². The van der Waals surface area contributed by atoms with Crippen molar-refractivity contribution in [3.05, 3.63) is 89.7 Å². The third kappa shape index (κ3) is 4.78. The maximum atomic E-state index is 11.9. The Morgan fingerprint density at radius 2 is 1.87 bits per heavy atom. The number of carbonyl (C=O) groups is 1. The molecule has 0 saturated carbocycles. The van der Waals surface area contributed by atoms with Crippen LogP contribution in [0.3, 0.4) is 0 Å². The number of carbonyl (C=O) groups excluding carboxylic acids is 1. The van der Waals surface area contributed by atoms with Gasteiger partial charge in [0.05, 0.1) is 19.3 Å². The quantitative estimate of drug-likeness (QED) is 0.398. The molecule has 5 heteroatoms. The smallest absolute Gasteiger partial charge is 0.310 e. The third-order valence-electron chi connectivity index (χ3n) is 5.09. The average Bonchev–Trinajstić information content (AvgIpc) is 3.27. The maximum Gasteiger partial charge on any atom is 0.310 e. The Balaban J connectivity index is 1.61. The summed E-state index contributed by atoms with van der Waals surface area (Å²) in [5.74, 6) is 0.412. The van der Waals surface area contributed by atoms with Gasteiger partial charge in [0.1, 0.15) is 17.9 Å². The molecule has 0 spiro atoms. The van der Waals surface area contributed by atoms with Crippen molar-refractivity contribution in [3.8, 4) is 16.9 Å². The van der Waals surface area contributed by atoms with E-state index < -0.39 is 0 Å². The molecular formula is C26H25NO4. The predicted octanol–water partition coefficient (Wildman–Crippen LogP) is 5.24. The van der Waals surface area contributed by atoms with E-state index in [4.69, 9.17) is 19.6 Å². The lowest BCUT2D eigenvalue weighted by atomic mass is 9.99. The molecule has 0 aliphatic carbocycles. The molecule has 0 radical (unpaired) electrons. The van der Waals surface area contributed by atoms with Crippen molar-refractivity contribution >= 4 is 16.9 Å². The second kappa shape index (κ2) is 9.49. The van der Waals surface area contributed by atoms with E-state index in [0.29, 0.717) is 25.5 Å². The summed E-state index contributed by atoms with van der Waals surface area (Å²) in [6.07, 6.45) is 1.88. The van der Waals surface area contributed by atoms with Crippen molar-refractivity contribution in [1.29, 1.82) is 0 Å². The molecule has 0 aliphatic rings. The van der Waals surface area contributed by atoms with Crippen LogP contribution < -0.4 is 10.5 Å². The number of hydrogen-bond acceptors (Lipinski definition) is 5. The van der Waals surface area contributed by atoms with E-state index in [0.717, 1.165) is 38.8 Å². The molecule has 5 nitrogen and oxygen atoms in total. The third-order valence-corrected chi connectivity index (χ3v) is 5.09. The highest BCUT2D eigenvalue weighted by molar-refractivity contribution is 5.93. The number of esters is 1. The van der Waals surface area contributed by atoms with Crippen molar-refractivity contribution in [2.75, 3.05) is 6.61 Å². The number of fused-ring (bicyclic) bond motifs is 1. The van der Waals surface area contributed by atoms with Gasteiger partial charge in [-0.25, -0.2) is 0 Å². The number of furan rings is 1. The zero-order chi connectivity index (χ0) is 21.6. The first-order valence-electron chi connectivity index (χ1n) is 10.3. The second-order valence-electron chi connectivity index (χ2n) is 7.27. The number of rotatable bonds is 8. The minimum atomic E-state index is -0.263. The first-order chi connectivity index (χ1) is 15.2. The molecule has 0 fully saturated rings. The average molecular weight is 415 g/mol. The largest absolute Gasteiger partial charge is 0.489 e. The van der Waals surface area contributed by atoms with Gasteiger partial charge in [0.2, 0.25) is 0 Å². The van der Waals surface area contributed by atoms with Crippen LogP contribution in [0.25, 0.3) is 22.1 Å². The first-order valence-corrected chi connectivity index (χ1v) is 10.3. The second-order valence-corrected chi connectivity index (χ2v) is 7.27. The van der Waals surface area contributed by atoms with Gasteiger partial charge in [-0.2, -0.15) is 0 Å². The van der Waals surface area contributed by atoms with Crippen LogP contribution in [0, 0.1) is 0 Å². The Morgan fingerprint density at radius 1 is 1.00 bits per heavy atom. The van der Waals surface area contributed by atoms with E-state index in [1.165, 1.54) is 0 Å². The van der Waals surface area contributed by atoms with Crippen molar-refractivity contribution in [3.63, 3.8) is 0 Å². The fourth-order valence-corrected chi connectivity index (χ4v) is 3.63. The van der Waals surface area contributed by atoms with Gasteiger partial charge in [-0.1, -0.05) is 36.4 Å². The SMILES string of the molecule is CCOC(=O)Cc1ccccc1OCc1cc(-c2cccc(CN)c2)c2occc2c1. The number of nitrogens with two attached hydrogens (primary N) is 1. The molecule has 158 valence electrons. The molecule has 4 rings (SSSR count). The van der Waals surface area contributed by atoms with E-state index in [9.17, 15) is 4.79 Å². The monoisotopic (exact) mass is 415 g/mol. The topological polar surface area (TPSA) is 74.7 Å². The van der Waals surface area contributed by atoms with Crippen molar-refractivity contribution < 1.29 is 18.7 Å². The molecule has 4 aromatic rings. The summed E-state index contributed by atoms with van der Waals surface area (Å²) in [5.41, 5.74) is 11.6. The molecule has 3 aromatic carbocycles. The van der Waals surface area contributed by atoms with Gasteiger partial charge in [-0.15, -0.1) is 0 Å². The van der Waals surface area contributed by atoms with Crippen molar-refractivity contribution in [1.82, 2.24) is 0 Å². The summed E-state index contributed by atoms with van der Waals surface area (Å²) in [6, 6.07) is 21.8. The van der Waals surface area contributed by atoms with Crippen LogP contribution in [-0.2, 0) is 29.1 Å². The Labute approximate surface area is 181 Å². The van der Waals surface area contributed by atoms with Crippen molar-refractivity contribution in [2.45, 2.75) is 26.5 Å². The number of benzene rings is 3. The molecule has 0 amide bonds. The number of para-hydroxylation sites is 1. The summed E-state index contributed by atoms with van der Waals surface area (Å²) in [4.78, 5) is 11.9. The fraction of sp³-hybridized carbons (Fsp3) is 0.192. The van der Waals surface area contributed by atoms with Gasteiger partial charge in [0.15, 0.2) is 0 Å². The summed E-state index contributed by atoms with van der Waals surface area (Å²) < 4.78 is 16.9. The summed E-state index contributed by atoms with van der Waals surface area (Å²) >= 11 is 0. The van der Waals surface area contributed by atoms with Crippen LogP contribution in [0.4, 0.5) is 0 Å². The lowest BCUT2D eigenvalue weighted by Gasteiger charge is -2.13. The minimum Gasteiger partial charge on any atom is -0.489 e. The molecule has 2 N–H and O–H groups in total. The van der Waals surface area contributed by atoms with E-state index >= 15 is 0 Å². The zero-order valence-electron chi connectivity index (χ0n) is 17.5. The van der Waals surface area contributed by atoms with Crippen molar-refractivity contribution in [2.24, 2.45) is 5.73 Å². The van der Waals surface area contributed by atoms with Gasteiger partial charge in [0.25, 0.3) is 0 Å². The van der Waals surface area contributed by atoms with E-state index in [-0.39, 0.29) is 12.4 Å². The lowest BCUT2D eigenvalue weighted by Crippen LogP contribution is -2.09. The highest BCUT2D eigenvalue weighted by Crippen LogP contribution is 2.32. The molecule has 1 heterocycles. The van der Waals surface area contributed by atoms with E-state index in [2.05, 4.69) is 24.3 Å². The molecule has 31 heavy (non-hydrogen) atoms. The lowest BCUT2D eigenvalue weighted by molar-refractivity contribution is -0.142. The Kier molecular flexibility index (Phi) is 6.34. The Bertz CT molecular complexity index is 1190. The van der Waals surface area contributed by atoms with Crippen LogP contribution in [0.1, 0.15) is 23.6 Å². The minimum absolute atomic E-state index is 0.182. The highest BCUT2D eigenvalue weighted by atomic mass is 16.5. The fourth-order valence-electron chi connectivity index (χ4n) is 3.63. The van der Waals surface area contributed by atoms with Gasteiger partial charge in [0, 0.05) is 23.1 Å². The number of hydrogen-bond donors (Lipinski definition) is 1. The number of ether oxygens (including phenoxy) is 2. The van der Waals surface area contributed by atoms with Crippen LogP contribution in [0.15, 0.2) is 77.4 Å². The van der Waals surface area contributed by atoms with Crippen LogP contribution in [0.5, 0.6) is 5.75 Å². The van der Waals surface area contributed by atoms with Gasteiger partial charge < -0.3 is 19.6 Å².